The molecule has 0 aliphatic heterocycles. The van der Waals surface area contributed by atoms with Crippen LogP contribution >= 0.6 is 39.1 Å². The lowest BCUT2D eigenvalue weighted by molar-refractivity contribution is 0.214. The van der Waals surface area contributed by atoms with Crippen LogP contribution in [0.25, 0.3) is 0 Å². The highest BCUT2D eigenvalue weighted by molar-refractivity contribution is 9.10. The number of aliphatic hydroxyl groups excluding tert-OH is 1. The highest BCUT2D eigenvalue weighted by atomic mass is 79.9. The van der Waals surface area contributed by atoms with Crippen LogP contribution in [0.3, 0.4) is 0 Å². The van der Waals surface area contributed by atoms with Crippen molar-refractivity contribution in [2.24, 2.45) is 0 Å². The van der Waals surface area contributed by atoms with E-state index in [1.165, 1.54) is 25.3 Å². The van der Waals surface area contributed by atoms with E-state index in [1.54, 1.807) is 12.1 Å². The van der Waals surface area contributed by atoms with Crippen LogP contribution in [0.1, 0.15) is 17.2 Å². The average molecular weight is 380 g/mol. The number of hydrogen-bond acceptors (Lipinski definition) is 2. The van der Waals surface area contributed by atoms with Gasteiger partial charge in [0.15, 0.2) is 0 Å². The van der Waals surface area contributed by atoms with E-state index >= 15 is 0 Å². The van der Waals surface area contributed by atoms with Crippen molar-refractivity contribution in [1.82, 2.24) is 0 Å². The minimum atomic E-state index is -1.03. The lowest BCUT2D eigenvalue weighted by Crippen LogP contribution is -2.03. The van der Waals surface area contributed by atoms with E-state index < -0.39 is 11.9 Å². The smallest absolute Gasteiger partial charge is 0.141 e. The van der Waals surface area contributed by atoms with Crippen LogP contribution < -0.4 is 4.74 Å². The van der Waals surface area contributed by atoms with E-state index in [0.29, 0.717) is 26.4 Å². The Hall–Kier alpha value is -0.810. The molecule has 0 aliphatic rings. The van der Waals surface area contributed by atoms with Crippen molar-refractivity contribution in [3.8, 4) is 5.75 Å². The Kier molecular flexibility index (Phi) is 4.91. The van der Waals surface area contributed by atoms with Crippen molar-refractivity contribution < 1.29 is 14.2 Å². The van der Waals surface area contributed by atoms with E-state index in [4.69, 9.17) is 27.9 Å². The molecule has 1 N–H and O–H groups in total. The molecule has 1 atom stereocenters. The molecule has 0 aromatic heterocycles. The third-order valence-corrected chi connectivity index (χ3v) is 3.89. The first-order chi connectivity index (χ1) is 9.43. The van der Waals surface area contributed by atoms with E-state index in [2.05, 4.69) is 15.9 Å². The lowest BCUT2D eigenvalue weighted by atomic mass is 10.0. The van der Waals surface area contributed by atoms with Gasteiger partial charge in [0.2, 0.25) is 0 Å². The second kappa shape index (κ2) is 6.31. The Morgan fingerprint density at radius 1 is 1.25 bits per heavy atom. The molecule has 0 fully saturated rings. The molecule has 1 unspecified atom stereocenters. The zero-order valence-corrected chi connectivity index (χ0v) is 13.4. The molecule has 2 aromatic carbocycles. The largest absolute Gasteiger partial charge is 0.495 e. The predicted octanol–water partition coefficient (Wildman–Crippen LogP) is 4.99. The topological polar surface area (TPSA) is 29.5 Å². The van der Waals surface area contributed by atoms with Gasteiger partial charge in [-0.3, -0.25) is 0 Å². The van der Waals surface area contributed by atoms with Crippen LogP contribution in [0.15, 0.2) is 34.8 Å². The first-order valence-corrected chi connectivity index (χ1v) is 7.15. The fourth-order valence-electron chi connectivity index (χ4n) is 1.86. The maximum atomic E-state index is 13.2. The maximum Gasteiger partial charge on any atom is 0.141 e. The van der Waals surface area contributed by atoms with Crippen LogP contribution in [0.5, 0.6) is 5.75 Å². The molecule has 0 radical (unpaired) electrons. The maximum absolute atomic E-state index is 13.2. The number of aliphatic hydroxyl groups is 1. The number of methoxy groups -OCH3 is 1. The molecule has 0 aliphatic carbocycles. The molecule has 0 saturated heterocycles. The van der Waals surface area contributed by atoms with Gasteiger partial charge in [-0.2, -0.15) is 0 Å². The Balaban J connectivity index is 2.52. The summed E-state index contributed by atoms with van der Waals surface area (Å²) in [6, 6.07) is 7.28. The van der Waals surface area contributed by atoms with Crippen molar-refractivity contribution >= 4 is 39.1 Å². The summed E-state index contributed by atoms with van der Waals surface area (Å²) in [5, 5.41) is 10.8. The van der Waals surface area contributed by atoms with Crippen LogP contribution in [-0.4, -0.2) is 12.2 Å². The molecular formula is C14H10BrCl2FO2. The van der Waals surface area contributed by atoms with Crippen LogP contribution in [0.4, 0.5) is 4.39 Å². The predicted molar refractivity (Wildman–Crippen MR) is 81.2 cm³/mol. The molecule has 2 nitrogen and oxygen atoms in total. The summed E-state index contributed by atoms with van der Waals surface area (Å²) < 4.78 is 19.0. The van der Waals surface area contributed by atoms with Gasteiger partial charge in [0.05, 0.1) is 16.6 Å². The summed E-state index contributed by atoms with van der Waals surface area (Å²) in [5.74, 6) is -0.0794. The SMILES string of the molecule is COc1c(Br)cc(Cl)cc1C(O)c1ccc(F)c(Cl)c1. The van der Waals surface area contributed by atoms with Gasteiger partial charge in [-0.1, -0.05) is 29.3 Å². The third kappa shape index (κ3) is 3.09. The molecular weight excluding hydrogens is 370 g/mol. The summed E-state index contributed by atoms with van der Waals surface area (Å²) in [6.07, 6.45) is -1.03. The normalized spacial score (nSPS) is 12.3. The third-order valence-electron chi connectivity index (χ3n) is 2.80. The molecule has 6 heteroatoms. The summed E-state index contributed by atoms with van der Waals surface area (Å²) >= 11 is 15.0. The number of hydrogen-bond donors (Lipinski definition) is 1. The van der Waals surface area contributed by atoms with Gasteiger partial charge in [-0.15, -0.1) is 0 Å². The molecule has 2 aromatic rings. The zero-order chi connectivity index (χ0) is 14.9. The molecule has 20 heavy (non-hydrogen) atoms. The van der Waals surface area contributed by atoms with Gasteiger partial charge in [0.1, 0.15) is 17.7 Å². The molecule has 0 saturated carbocycles. The minimum Gasteiger partial charge on any atom is -0.495 e. The number of rotatable bonds is 3. The highest BCUT2D eigenvalue weighted by Crippen LogP contribution is 2.38. The minimum absolute atomic E-state index is 0.0541. The Bertz CT molecular complexity index is 649. The van der Waals surface area contributed by atoms with Crippen molar-refractivity contribution in [2.75, 3.05) is 7.11 Å². The summed E-state index contributed by atoms with van der Waals surface area (Å²) in [7, 11) is 1.49. The summed E-state index contributed by atoms with van der Waals surface area (Å²) in [4.78, 5) is 0. The molecule has 0 bridgehead atoms. The van der Waals surface area contributed by atoms with E-state index in [1.807, 2.05) is 0 Å². The van der Waals surface area contributed by atoms with Crippen LogP contribution in [0, 0.1) is 5.82 Å². The summed E-state index contributed by atoms with van der Waals surface area (Å²) in [6.45, 7) is 0. The highest BCUT2D eigenvalue weighted by Gasteiger charge is 2.19. The lowest BCUT2D eigenvalue weighted by Gasteiger charge is -2.17. The first kappa shape index (κ1) is 15.6. The Labute approximate surface area is 134 Å². The van der Waals surface area contributed by atoms with Crippen LogP contribution in [0.2, 0.25) is 10.0 Å². The fourth-order valence-corrected chi connectivity index (χ4v) is 3.05. The van der Waals surface area contributed by atoms with Gasteiger partial charge in [-0.25, -0.2) is 4.39 Å². The van der Waals surface area contributed by atoms with Gasteiger partial charge >= 0.3 is 0 Å². The van der Waals surface area contributed by atoms with Crippen molar-refractivity contribution in [3.63, 3.8) is 0 Å². The molecule has 2 rings (SSSR count). The molecule has 0 spiro atoms. The van der Waals surface area contributed by atoms with E-state index in [0.717, 1.165) is 0 Å². The molecule has 0 heterocycles. The van der Waals surface area contributed by atoms with Crippen molar-refractivity contribution in [3.05, 3.63) is 61.8 Å². The number of ether oxygens (including phenoxy) is 1. The van der Waals surface area contributed by atoms with Gasteiger partial charge in [-0.05, 0) is 45.8 Å². The monoisotopic (exact) mass is 378 g/mol. The van der Waals surface area contributed by atoms with Gasteiger partial charge in [0.25, 0.3) is 0 Å². The number of halogens is 4. The Morgan fingerprint density at radius 2 is 1.95 bits per heavy atom. The second-order valence-corrected chi connectivity index (χ2v) is 5.78. The van der Waals surface area contributed by atoms with Gasteiger partial charge < -0.3 is 9.84 Å². The fraction of sp³-hybridized carbons (Fsp3) is 0.143. The quantitative estimate of drug-likeness (QED) is 0.814. The van der Waals surface area contributed by atoms with Crippen molar-refractivity contribution in [2.45, 2.75) is 6.10 Å². The Morgan fingerprint density at radius 3 is 2.55 bits per heavy atom. The molecule has 0 amide bonds. The first-order valence-electron chi connectivity index (χ1n) is 5.60. The average Bonchev–Trinajstić information content (AvgIpc) is 2.40. The number of benzene rings is 2. The van der Waals surface area contributed by atoms with E-state index in [9.17, 15) is 9.50 Å². The van der Waals surface area contributed by atoms with Crippen molar-refractivity contribution in [1.29, 1.82) is 0 Å². The van der Waals surface area contributed by atoms with E-state index in [-0.39, 0.29) is 5.02 Å². The molecule has 106 valence electrons. The standard InChI is InChI=1S/C14H10BrCl2FO2/c1-20-14-9(5-8(16)6-10(14)15)13(19)7-2-3-12(18)11(17)4-7/h2-6,13,19H,1H3. The summed E-state index contributed by atoms with van der Waals surface area (Å²) in [5.41, 5.74) is 0.915. The van der Waals surface area contributed by atoms with Crippen LogP contribution in [-0.2, 0) is 0 Å². The zero-order valence-electron chi connectivity index (χ0n) is 10.3. The van der Waals surface area contributed by atoms with Gasteiger partial charge in [0, 0.05) is 10.6 Å². The second-order valence-electron chi connectivity index (χ2n) is 4.09.